The standard InChI is InChI=1S/C28H20ClN5O4S/c29-20-11-9-19(10-12-20)27-31-32-28(39-18-26(35)30-21-5-4-6-23(17-21)34(36)37)33(27)22-13-15-25(16-14-22)38-24-7-2-1-3-8-24/h1-17H,18H2,(H,30,35). The van der Waals surface area contributed by atoms with Crippen LogP contribution in [0, 0.1) is 10.1 Å². The van der Waals surface area contributed by atoms with Gasteiger partial charge in [0.05, 0.1) is 10.7 Å². The normalized spacial score (nSPS) is 10.7. The smallest absolute Gasteiger partial charge is 0.271 e. The molecule has 0 unspecified atom stereocenters. The Balaban J connectivity index is 1.39. The van der Waals surface area contributed by atoms with Gasteiger partial charge in [-0.25, -0.2) is 0 Å². The Morgan fingerprint density at radius 1 is 0.923 bits per heavy atom. The van der Waals surface area contributed by atoms with Crippen molar-refractivity contribution in [3.8, 4) is 28.6 Å². The van der Waals surface area contributed by atoms with E-state index in [9.17, 15) is 14.9 Å². The maximum Gasteiger partial charge on any atom is 0.271 e. The number of nitrogens with zero attached hydrogens (tertiary/aromatic N) is 4. The highest BCUT2D eigenvalue weighted by Gasteiger charge is 2.18. The topological polar surface area (TPSA) is 112 Å². The van der Waals surface area contributed by atoms with Gasteiger partial charge in [0, 0.05) is 34.1 Å². The highest BCUT2D eigenvalue weighted by atomic mass is 35.5. The molecule has 11 heteroatoms. The van der Waals surface area contributed by atoms with Crippen molar-refractivity contribution >= 4 is 40.6 Å². The molecule has 0 fully saturated rings. The van der Waals surface area contributed by atoms with Crippen LogP contribution >= 0.6 is 23.4 Å². The zero-order valence-corrected chi connectivity index (χ0v) is 21.8. The van der Waals surface area contributed by atoms with E-state index < -0.39 is 4.92 Å². The number of non-ortho nitro benzene ring substituents is 1. The molecule has 4 aromatic carbocycles. The molecule has 0 saturated carbocycles. The van der Waals surface area contributed by atoms with E-state index in [1.165, 1.54) is 30.0 Å². The van der Waals surface area contributed by atoms with Gasteiger partial charge in [-0.3, -0.25) is 19.5 Å². The van der Waals surface area contributed by atoms with E-state index in [-0.39, 0.29) is 17.3 Å². The number of hydrogen-bond donors (Lipinski definition) is 1. The van der Waals surface area contributed by atoms with Crippen LogP contribution in [0.5, 0.6) is 11.5 Å². The molecule has 1 amide bonds. The van der Waals surface area contributed by atoms with Gasteiger partial charge in [-0.05, 0) is 66.7 Å². The number of ether oxygens (including phenoxy) is 1. The first kappa shape index (κ1) is 26.0. The molecule has 0 aliphatic rings. The predicted molar refractivity (Wildman–Crippen MR) is 151 cm³/mol. The fraction of sp³-hybridized carbons (Fsp3) is 0.0357. The van der Waals surface area contributed by atoms with Crippen LogP contribution in [0.25, 0.3) is 17.1 Å². The minimum Gasteiger partial charge on any atom is -0.457 e. The summed E-state index contributed by atoms with van der Waals surface area (Å²) >= 11 is 7.27. The number of aromatic nitrogens is 3. The number of anilines is 1. The number of para-hydroxylation sites is 1. The quantitative estimate of drug-likeness (QED) is 0.118. The summed E-state index contributed by atoms with van der Waals surface area (Å²) in [5.41, 5.74) is 1.80. The van der Waals surface area contributed by atoms with Gasteiger partial charge < -0.3 is 10.1 Å². The van der Waals surface area contributed by atoms with Crippen molar-refractivity contribution < 1.29 is 14.5 Å². The van der Waals surface area contributed by atoms with Crippen LogP contribution in [0.3, 0.4) is 0 Å². The molecular weight excluding hydrogens is 538 g/mol. The molecule has 0 aliphatic heterocycles. The Kier molecular flexibility index (Phi) is 7.86. The van der Waals surface area contributed by atoms with Gasteiger partial charge in [0.2, 0.25) is 5.91 Å². The molecule has 5 aromatic rings. The van der Waals surface area contributed by atoms with Gasteiger partial charge >= 0.3 is 0 Å². The van der Waals surface area contributed by atoms with Crippen molar-refractivity contribution in [3.05, 3.63) is 118 Å². The number of carbonyl (C=O) groups excluding carboxylic acids is 1. The van der Waals surface area contributed by atoms with E-state index in [2.05, 4.69) is 15.5 Å². The van der Waals surface area contributed by atoms with Crippen LogP contribution in [-0.4, -0.2) is 31.3 Å². The number of carbonyl (C=O) groups is 1. The Hall–Kier alpha value is -4.67. The Morgan fingerprint density at radius 3 is 2.36 bits per heavy atom. The van der Waals surface area contributed by atoms with E-state index >= 15 is 0 Å². The molecule has 5 rings (SSSR count). The lowest BCUT2D eigenvalue weighted by atomic mass is 10.2. The number of nitro groups is 1. The predicted octanol–water partition coefficient (Wildman–Crippen LogP) is 7.02. The number of thioether (sulfide) groups is 1. The summed E-state index contributed by atoms with van der Waals surface area (Å²) in [5, 5.41) is 23.5. The molecule has 194 valence electrons. The molecule has 0 spiro atoms. The monoisotopic (exact) mass is 557 g/mol. The molecule has 0 saturated heterocycles. The molecule has 1 N–H and O–H groups in total. The van der Waals surface area contributed by atoms with Crippen molar-refractivity contribution in [2.24, 2.45) is 0 Å². The van der Waals surface area contributed by atoms with Crippen LogP contribution in [0.4, 0.5) is 11.4 Å². The molecule has 0 atom stereocenters. The van der Waals surface area contributed by atoms with E-state index in [0.29, 0.717) is 27.4 Å². The summed E-state index contributed by atoms with van der Waals surface area (Å²) in [4.78, 5) is 23.2. The molecular formula is C28H20ClN5O4S. The number of nitrogens with one attached hydrogen (secondary N) is 1. The first-order valence-corrected chi connectivity index (χ1v) is 13.0. The summed E-state index contributed by atoms with van der Waals surface area (Å²) < 4.78 is 7.76. The molecule has 0 aliphatic carbocycles. The third-order valence-corrected chi connectivity index (χ3v) is 6.66. The second-order valence-electron chi connectivity index (χ2n) is 8.20. The van der Waals surface area contributed by atoms with Crippen molar-refractivity contribution in [2.75, 3.05) is 11.1 Å². The first-order chi connectivity index (χ1) is 19.0. The maximum atomic E-state index is 12.7. The van der Waals surface area contributed by atoms with Gasteiger partial charge in [-0.1, -0.05) is 47.6 Å². The van der Waals surface area contributed by atoms with Gasteiger partial charge in [0.1, 0.15) is 11.5 Å². The van der Waals surface area contributed by atoms with Crippen LogP contribution in [-0.2, 0) is 4.79 Å². The number of rotatable bonds is 9. The zero-order chi connectivity index (χ0) is 27.2. The average molecular weight is 558 g/mol. The average Bonchev–Trinajstić information content (AvgIpc) is 3.37. The highest BCUT2D eigenvalue weighted by Crippen LogP contribution is 2.30. The number of halogens is 1. The Morgan fingerprint density at radius 2 is 1.64 bits per heavy atom. The Labute approximate surface area is 232 Å². The summed E-state index contributed by atoms with van der Waals surface area (Å²) in [7, 11) is 0. The highest BCUT2D eigenvalue weighted by molar-refractivity contribution is 7.99. The van der Waals surface area contributed by atoms with Gasteiger partial charge in [0.25, 0.3) is 5.69 Å². The first-order valence-electron chi connectivity index (χ1n) is 11.7. The molecule has 39 heavy (non-hydrogen) atoms. The van der Waals surface area contributed by atoms with Gasteiger partial charge in [-0.2, -0.15) is 0 Å². The third kappa shape index (κ3) is 6.43. The largest absolute Gasteiger partial charge is 0.457 e. The number of hydrogen-bond acceptors (Lipinski definition) is 7. The van der Waals surface area contributed by atoms with Crippen LogP contribution in [0.2, 0.25) is 5.02 Å². The second kappa shape index (κ2) is 11.8. The maximum absolute atomic E-state index is 12.7. The molecule has 1 heterocycles. The summed E-state index contributed by atoms with van der Waals surface area (Å²) in [6.45, 7) is 0. The minimum atomic E-state index is -0.513. The van der Waals surface area contributed by atoms with Crippen molar-refractivity contribution in [1.29, 1.82) is 0 Å². The van der Waals surface area contributed by atoms with E-state index in [0.717, 1.165) is 17.0 Å². The van der Waals surface area contributed by atoms with E-state index in [1.54, 1.807) is 18.2 Å². The second-order valence-corrected chi connectivity index (χ2v) is 9.58. The molecule has 0 radical (unpaired) electrons. The third-order valence-electron chi connectivity index (χ3n) is 5.48. The van der Waals surface area contributed by atoms with Crippen LogP contribution < -0.4 is 10.1 Å². The van der Waals surface area contributed by atoms with Crippen LogP contribution in [0.15, 0.2) is 108 Å². The van der Waals surface area contributed by atoms with Crippen molar-refractivity contribution in [1.82, 2.24) is 14.8 Å². The number of benzene rings is 4. The minimum absolute atomic E-state index is 0.0106. The van der Waals surface area contributed by atoms with Crippen molar-refractivity contribution in [2.45, 2.75) is 5.16 Å². The lowest BCUT2D eigenvalue weighted by molar-refractivity contribution is -0.384. The molecule has 1 aromatic heterocycles. The van der Waals surface area contributed by atoms with Gasteiger partial charge in [-0.15, -0.1) is 10.2 Å². The van der Waals surface area contributed by atoms with Crippen molar-refractivity contribution in [3.63, 3.8) is 0 Å². The lowest BCUT2D eigenvalue weighted by Crippen LogP contribution is -2.14. The molecule has 0 bridgehead atoms. The summed E-state index contributed by atoms with van der Waals surface area (Å²) in [5.74, 6) is 1.63. The fourth-order valence-corrected chi connectivity index (χ4v) is 4.57. The number of nitro benzene ring substituents is 1. The van der Waals surface area contributed by atoms with E-state index in [1.807, 2.05) is 71.3 Å². The molecule has 9 nitrogen and oxygen atoms in total. The fourth-order valence-electron chi connectivity index (χ4n) is 3.69. The van der Waals surface area contributed by atoms with Gasteiger partial charge in [0.15, 0.2) is 11.0 Å². The summed E-state index contributed by atoms with van der Waals surface area (Å²) in [6, 6.07) is 29.9. The Bertz CT molecular complexity index is 1610. The lowest BCUT2D eigenvalue weighted by Gasteiger charge is -2.12. The van der Waals surface area contributed by atoms with E-state index in [4.69, 9.17) is 16.3 Å². The SMILES string of the molecule is O=C(CSc1nnc(-c2ccc(Cl)cc2)n1-c1ccc(Oc2ccccc2)cc1)Nc1cccc([N+](=O)[O-])c1. The zero-order valence-electron chi connectivity index (χ0n) is 20.2. The number of amides is 1. The van der Waals surface area contributed by atoms with Crippen LogP contribution in [0.1, 0.15) is 0 Å². The summed E-state index contributed by atoms with van der Waals surface area (Å²) in [6.07, 6.45) is 0.